The van der Waals surface area contributed by atoms with Gasteiger partial charge in [0.1, 0.15) is 12.2 Å². The highest BCUT2D eigenvalue weighted by molar-refractivity contribution is 5.98. The Bertz CT molecular complexity index is 487. The van der Waals surface area contributed by atoms with Gasteiger partial charge in [0.2, 0.25) is 11.4 Å². The molecular formula is C12H11NO4. The zero-order chi connectivity index (χ0) is 12.0. The second kappa shape index (κ2) is 3.30. The van der Waals surface area contributed by atoms with Crippen LogP contribution in [0.3, 0.4) is 0 Å². The molecule has 1 amide bonds. The number of rotatable bonds is 2. The number of amides is 1. The van der Waals surface area contributed by atoms with Crippen LogP contribution in [0.4, 0.5) is 0 Å². The molecule has 0 saturated carbocycles. The summed E-state index contributed by atoms with van der Waals surface area (Å²) in [6.07, 6.45) is -1.51. The average molecular weight is 233 g/mol. The maximum Gasteiger partial charge on any atom is 0.339 e. The van der Waals surface area contributed by atoms with E-state index >= 15 is 0 Å². The first kappa shape index (κ1) is 10.3. The molecule has 0 spiro atoms. The third-order valence-corrected chi connectivity index (χ3v) is 3.36. The Balaban J connectivity index is 1.98. The zero-order valence-electron chi connectivity index (χ0n) is 8.92. The fourth-order valence-corrected chi connectivity index (χ4v) is 2.43. The van der Waals surface area contributed by atoms with Crippen LogP contribution in [0.15, 0.2) is 30.3 Å². The van der Waals surface area contributed by atoms with E-state index in [-0.39, 0.29) is 12.3 Å². The van der Waals surface area contributed by atoms with E-state index < -0.39 is 23.7 Å². The molecule has 0 aromatic heterocycles. The molecule has 2 heterocycles. The number of carbonyl (C=O) groups excluding carboxylic acids is 2. The largest absolute Gasteiger partial charge is 0.457 e. The molecule has 5 heteroatoms. The molecule has 0 aliphatic carbocycles. The Morgan fingerprint density at radius 1 is 1.35 bits per heavy atom. The standard InChI is InChI=1S/C12H11NO4/c14-9-6-8-12(13-9,11(16)17-8)10(15)7-4-2-1-3-5-7/h1-5,8,10,15H,6H2,(H,13,14)/t8-,10-,12-/m0/s1. The highest BCUT2D eigenvalue weighted by atomic mass is 16.6. The monoisotopic (exact) mass is 233 g/mol. The number of aliphatic hydroxyl groups is 1. The van der Waals surface area contributed by atoms with Crippen molar-refractivity contribution in [2.24, 2.45) is 0 Å². The van der Waals surface area contributed by atoms with Crippen molar-refractivity contribution in [1.29, 1.82) is 0 Å². The van der Waals surface area contributed by atoms with Gasteiger partial charge < -0.3 is 15.2 Å². The number of fused-ring (bicyclic) bond motifs is 1. The van der Waals surface area contributed by atoms with Crippen molar-refractivity contribution in [2.75, 3.05) is 0 Å². The van der Waals surface area contributed by atoms with Crippen LogP contribution in [0.1, 0.15) is 18.1 Å². The van der Waals surface area contributed by atoms with Gasteiger partial charge in [0, 0.05) is 0 Å². The molecule has 0 bridgehead atoms. The van der Waals surface area contributed by atoms with E-state index in [9.17, 15) is 14.7 Å². The average Bonchev–Trinajstić information content (AvgIpc) is 2.62. The van der Waals surface area contributed by atoms with Crippen molar-refractivity contribution in [3.05, 3.63) is 35.9 Å². The maximum atomic E-state index is 11.6. The molecule has 2 aliphatic heterocycles. The van der Waals surface area contributed by atoms with Gasteiger partial charge in [0.25, 0.3) is 0 Å². The van der Waals surface area contributed by atoms with E-state index in [2.05, 4.69) is 5.32 Å². The lowest BCUT2D eigenvalue weighted by atomic mass is 9.80. The van der Waals surface area contributed by atoms with Gasteiger partial charge in [-0.2, -0.15) is 0 Å². The Hall–Kier alpha value is -1.88. The zero-order valence-corrected chi connectivity index (χ0v) is 8.92. The van der Waals surface area contributed by atoms with Crippen LogP contribution in [-0.2, 0) is 14.3 Å². The molecule has 17 heavy (non-hydrogen) atoms. The van der Waals surface area contributed by atoms with Gasteiger partial charge in [0.05, 0.1) is 6.42 Å². The van der Waals surface area contributed by atoms with Crippen LogP contribution in [0, 0.1) is 0 Å². The molecule has 3 rings (SSSR count). The summed E-state index contributed by atoms with van der Waals surface area (Å²) in [5, 5.41) is 12.8. The van der Waals surface area contributed by atoms with Crippen LogP contribution in [0.2, 0.25) is 0 Å². The van der Waals surface area contributed by atoms with E-state index in [0.717, 1.165) is 0 Å². The fourth-order valence-electron chi connectivity index (χ4n) is 2.43. The quantitative estimate of drug-likeness (QED) is 0.700. The summed E-state index contributed by atoms with van der Waals surface area (Å²) in [5.74, 6) is -0.833. The second-order valence-electron chi connectivity index (χ2n) is 4.33. The summed E-state index contributed by atoms with van der Waals surface area (Å²) in [7, 11) is 0. The molecule has 2 aliphatic rings. The summed E-state index contributed by atoms with van der Waals surface area (Å²) in [5.41, 5.74) is -0.685. The smallest absolute Gasteiger partial charge is 0.339 e. The van der Waals surface area contributed by atoms with Crippen LogP contribution in [0.5, 0.6) is 0 Å². The van der Waals surface area contributed by atoms with Crippen LogP contribution < -0.4 is 5.32 Å². The molecular weight excluding hydrogens is 222 g/mol. The highest BCUT2D eigenvalue weighted by Gasteiger charge is 2.68. The van der Waals surface area contributed by atoms with E-state index in [1.807, 2.05) is 6.07 Å². The highest BCUT2D eigenvalue weighted by Crippen LogP contribution is 2.43. The number of ether oxygens (including phenoxy) is 1. The van der Waals surface area contributed by atoms with Crippen molar-refractivity contribution in [3.8, 4) is 0 Å². The summed E-state index contributed by atoms with van der Waals surface area (Å²) in [6.45, 7) is 0. The number of benzene rings is 1. The minimum Gasteiger partial charge on any atom is -0.457 e. The lowest BCUT2D eigenvalue weighted by Crippen LogP contribution is -2.69. The van der Waals surface area contributed by atoms with Crippen molar-refractivity contribution in [3.63, 3.8) is 0 Å². The van der Waals surface area contributed by atoms with E-state index in [4.69, 9.17) is 4.74 Å². The number of hydrogen-bond acceptors (Lipinski definition) is 4. The van der Waals surface area contributed by atoms with E-state index in [1.165, 1.54) is 0 Å². The van der Waals surface area contributed by atoms with Crippen molar-refractivity contribution < 1.29 is 19.4 Å². The summed E-state index contributed by atoms with van der Waals surface area (Å²) in [6, 6.07) is 8.78. The molecule has 2 fully saturated rings. The first-order chi connectivity index (χ1) is 8.14. The fraction of sp³-hybridized carbons (Fsp3) is 0.333. The van der Waals surface area contributed by atoms with Crippen molar-refractivity contribution in [2.45, 2.75) is 24.2 Å². The van der Waals surface area contributed by atoms with Crippen LogP contribution >= 0.6 is 0 Å². The van der Waals surface area contributed by atoms with Gasteiger partial charge in [-0.3, -0.25) is 4.79 Å². The van der Waals surface area contributed by atoms with Gasteiger partial charge in [-0.25, -0.2) is 4.79 Å². The van der Waals surface area contributed by atoms with E-state index in [1.54, 1.807) is 24.3 Å². The molecule has 1 aromatic rings. The number of esters is 1. The first-order valence-electron chi connectivity index (χ1n) is 5.39. The number of hydrogen-bond donors (Lipinski definition) is 2. The van der Waals surface area contributed by atoms with Gasteiger partial charge in [0.15, 0.2) is 0 Å². The minimum absolute atomic E-state index is 0.121. The van der Waals surface area contributed by atoms with Gasteiger partial charge in [-0.1, -0.05) is 30.3 Å². The third kappa shape index (κ3) is 1.23. The molecule has 1 aromatic carbocycles. The van der Waals surface area contributed by atoms with E-state index in [0.29, 0.717) is 5.56 Å². The molecule has 5 nitrogen and oxygen atoms in total. The Labute approximate surface area is 97.4 Å². The molecule has 0 unspecified atom stereocenters. The minimum atomic E-state index is -1.28. The predicted molar refractivity (Wildman–Crippen MR) is 56.8 cm³/mol. The summed E-state index contributed by atoms with van der Waals surface area (Å²) < 4.78 is 4.90. The Morgan fingerprint density at radius 3 is 2.65 bits per heavy atom. The van der Waals surface area contributed by atoms with Crippen molar-refractivity contribution in [1.82, 2.24) is 5.32 Å². The second-order valence-corrected chi connectivity index (χ2v) is 4.33. The summed E-state index contributed by atoms with van der Waals surface area (Å²) in [4.78, 5) is 22.9. The molecule has 88 valence electrons. The lowest BCUT2D eigenvalue weighted by molar-refractivity contribution is -0.200. The van der Waals surface area contributed by atoms with Crippen LogP contribution in [-0.4, -0.2) is 28.6 Å². The Morgan fingerprint density at radius 2 is 2.06 bits per heavy atom. The molecule has 2 N–H and O–H groups in total. The molecule has 0 radical (unpaired) electrons. The van der Waals surface area contributed by atoms with Gasteiger partial charge >= 0.3 is 5.97 Å². The number of nitrogens with one attached hydrogen (secondary N) is 1. The van der Waals surface area contributed by atoms with Crippen LogP contribution in [0.25, 0.3) is 0 Å². The number of aliphatic hydroxyl groups excluding tert-OH is 1. The molecule has 3 atom stereocenters. The number of carbonyl (C=O) groups is 2. The normalized spacial score (nSPS) is 32.2. The third-order valence-electron chi connectivity index (χ3n) is 3.36. The topological polar surface area (TPSA) is 75.6 Å². The van der Waals surface area contributed by atoms with Crippen molar-refractivity contribution >= 4 is 11.9 Å². The predicted octanol–water partition coefficient (Wildman–Crippen LogP) is -0.0959. The Kier molecular flexibility index (Phi) is 2.00. The first-order valence-corrected chi connectivity index (χ1v) is 5.39. The maximum absolute atomic E-state index is 11.6. The SMILES string of the molecule is O=C1C[C@@H]2OC(=O)[C@]2([C@@H](O)c2ccccc2)N1. The van der Waals surface area contributed by atoms with Gasteiger partial charge in [-0.15, -0.1) is 0 Å². The van der Waals surface area contributed by atoms with Gasteiger partial charge in [-0.05, 0) is 5.56 Å². The lowest BCUT2D eigenvalue weighted by Gasteiger charge is -2.44. The molecule has 2 saturated heterocycles. The summed E-state index contributed by atoms with van der Waals surface area (Å²) >= 11 is 0.